The molecule has 0 saturated carbocycles. The van der Waals surface area contributed by atoms with E-state index >= 15 is 0 Å². The Balaban J connectivity index is -0.000000200. The van der Waals surface area contributed by atoms with Crippen LogP contribution in [0.5, 0.6) is 0 Å². The van der Waals surface area contributed by atoms with Crippen LogP contribution in [0, 0.1) is 81.9 Å². The van der Waals surface area contributed by atoms with Crippen LogP contribution in [0.3, 0.4) is 0 Å². The van der Waals surface area contributed by atoms with Crippen molar-refractivity contribution in [2.24, 2.45) is 0 Å². The molecular weight excluding hydrogens is 1150 g/mol. The van der Waals surface area contributed by atoms with E-state index in [-0.39, 0.29) is 48.2 Å². The molecule has 6 aromatic rings. The van der Waals surface area contributed by atoms with E-state index in [2.05, 4.69) is 186 Å². The fraction of sp³-hybridized carbons (Fsp3) is 0.433. The number of nitrogens with two attached hydrogens (primary N) is 1. The average Bonchev–Trinajstić information content (AvgIpc) is 3.35. The van der Waals surface area contributed by atoms with Gasteiger partial charge in [0.1, 0.15) is 38.2 Å². The molecule has 0 spiro atoms. The Hall–Kier alpha value is -4.20. The largest absolute Gasteiger partial charge is 0.399 e. The van der Waals surface area contributed by atoms with Crippen molar-refractivity contribution in [3.63, 3.8) is 0 Å². The maximum Gasteiger partial charge on any atom is 0.269 e. The molecule has 0 aliphatic carbocycles. The van der Waals surface area contributed by atoms with Crippen LogP contribution in [0.15, 0.2) is 119 Å². The summed E-state index contributed by atoms with van der Waals surface area (Å²) in [5.41, 5.74) is 21.7. The summed E-state index contributed by atoms with van der Waals surface area (Å²) in [6.45, 7) is 35.3. The van der Waals surface area contributed by atoms with Crippen LogP contribution in [-0.2, 0) is 71.0 Å². The standard InChI is InChI=1S/2C11H17S.C10H14.C9H11NO2.C9H13N.C7H6FNO2.C3H9ClSi.C3H8S.C2H6.CH4.CH3.Fe/c2*1-5-10-6-7-11(12(3)4)8-9(10)2;1-4-10-6-5-8(2)7-9(10)3;1-3-8-4-5-9(10(11)12)6-7(8)2;1-3-8-4-5-9(10)6-7(8)2;1-5-4-6(9(10)11)2-3-7(5)8;1-5(2,3)4;1-4(2)3;1-2;;;/h2*6-8H,5H2,1-4H3;5-7H,4H2,1-3H3;4-6H,3H2,1-2H3;4-6H,3,10H2,1-2H3;2-4H,1H3;1-3H3;1H2,2-3H3;1-2H3;1H4;1H3;/q2*+1;;;;;;;;;-1;. The molecule has 0 bridgehead atoms. The van der Waals surface area contributed by atoms with Crippen LogP contribution in [-0.4, -0.2) is 60.6 Å². The van der Waals surface area contributed by atoms with Crippen molar-refractivity contribution in [3.05, 3.63) is 209 Å². The number of rotatable bonds is 9. The van der Waals surface area contributed by atoms with Crippen molar-refractivity contribution in [1.29, 1.82) is 0 Å². The number of hydrogen-bond acceptors (Lipinski definition) is 5. The maximum absolute atomic E-state index is 12.5. The Morgan fingerprint density at radius 2 is 0.790 bits per heavy atom. The quantitative estimate of drug-likeness (QED) is 0.0226. The zero-order valence-corrected chi connectivity index (χ0v) is 58.9. The average molecular weight is 1250 g/mol. The number of non-ortho nitro benzene ring substituents is 2. The van der Waals surface area contributed by atoms with E-state index < -0.39 is 18.1 Å². The Labute approximate surface area is 519 Å². The zero-order valence-electron chi connectivity index (χ0n) is 53.6. The summed E-state index contributed by atoms with van der Waals surface area (Å²) >= 11 is 5.67. The Morgan fingerprint density at radius 1 is 0.531 bits per heavy atom. The Morgan fingerprint density at radius 3 is 1.05 bits per heavy atom. The fourth-order valence-electron chi connectivity index (χ4n) is 6.93. The molecule has 0 heterocycles. The van der Waals surface area contributed by atoms with E-state index in [1.165, 1.54) is 78.4 Å². The molecule has 0 aliphatic heterocycles. The minimum atomic E-state index is -1.14. The molecule has 14 heteroatoms. The summed E-state index contributed by atoms with van der Waals surface area (Å²) in [5.74, 6) is 3.25. The van der Waals surface area contributed by atoms with E-state index in [0.717, 1.165) is 55.5 Å². The van der Waals surface area contributed by atoms with Gasteiger partial charge >= 0.3 is 0 Å². The molecule has 0 aromatic heterocycles. The van der Waals surface area contributed by atoms with Crippen molar-refractivity contribution >= 4 is 73.7 Å². The van der Waals surface area contributed by atoms with Gasteiger partial charge in [-0.05, 0) is 197 Å². The van der Waals surface area contributed by atoms with Gasteiger partial charge in [-0.25, -0.2) is 4.39 Å². The van der Waals surface area contributed by atoms with Gasteiger partial charge in [0.25, 0.3) is 11.4 Å². The number of anilines is 1. The first-order valence-electron chi connectivity index (χ1n) is 26.7. The SMILES string of the molecule is C.C=S(C)C.CC.CCc1ccc(C)cc1C.CCc1ccc(N)cc1C.CCc1ccc([N+](=O)[O-])cc1C.CCc1ccc([S+](C)C)cc1C.CCc1ccc([S+](C)C)cc1C.C[Si](C)(C)Cl.Cc1cc([N+](=O)[O-])ccc1F.[CH3-].[Fe]. The van der Waals surface area contributed by atoms with E-state index in [1.54, 1.807) is 12.1 Å². The normalized spacial score (nSPS) is 9.63. The number of nitro groups is 2. The summed E-state index contributed by atoms with van der Waals surface area (Å²) in [6, 6.07) is 34.8. The van der Waals surface area contributed by atoms with E-state index in [1.807, 2.05) is 45.9 Å². The Kier molecular flexibility index (Phi) is 52.4. The van der Waals surface area contributed by atoms with Crippen molar-refractivity contribution in [2.75, 3.05) is 43.3 Å². The maximum atomic E-state index is 12.5. The van der Waals surface area contributed by atoms with Crippen LogP contribution < -0.4 is 5.73 Å². The molecule has 81 heavy (non-hydrogen) atoms. The van der Waals surface area contributed by atoms with Gasteiger partial charge in [-0.2, -0.15) is 21.6 Å². The predicted octanol–water partition coefficient (Wildman–Crippen LogP) is 20.2. The summed E-state index contributed by atoms with van der Waals surface area (Å²) in [6.07, 6.45) is 18.7. The molecule has 6 rings (SSSR count). The molecule has 0 atom stereocenters. The van der Waals surface area contributed by atoms with Crippen molar-refractivity contribution < 1.29 is 31.3 Å². The molecule has 7 nitrogen and oxygen atoms in total. The number of nitrogens with zero attached hydrogens (tertiary/aromatic N) is 2. The van der Waals surface area contributed by atoms with Gasteiger partial charge in [0.2, 0.25) is 0 Å². The molecule has 0 radical (unpaired) electrons. The van der Waals surface area contributed by atoms with Crippen LogP contribution >= 0.6 is 21.6 Å². The number of aryl methyl sites for hydroxylation is 12. The number of nitrogen functional groups attached to an aromatic ring is 1. The van der Waals surface area contributed by atoms with E-state index in [0.29, 0.717) is 37.8 Å². The number of halogens is 2. The zero-order chi connectivity index (χ0) is 61.0. The summed E-state index contributed by atoms with van der Waals surface area (Å²) in [5, 5.41) is 20.5. The van der Waals surface area contributed by atoms with Crippen LogP contribution in [0.1, 0.15) is 123 Å². The number of hydrogen-bond donors (Lipinski definition) is 1. The second kappa shape index (κ2) is 48.2. The first kappa shape index (κ1) is 88.0. The van der Waals surface area contributed by atoms with Crippen LogP contribution in [0.2, 0.25) is 19.6 Å². The molecule has 0 fully saturated rings. The van der Waals surface area contributed by atoms with Gasteiger partial charge < -0.3 is 13.2 Å². The predicted molar refractivity (Wildman–Crippen MR) is 372 cm³/mol. The molecule has 0 unspecified atom stereocenters. The summed E-state index contributed by atoms with van der Waals surface area (Å²) in [4.78, 5) is 22.5. The Bertz CT molecular complexity index is 2600. The first-order valence-corrected chi connectivity index (χ1v) is 37.5. The van der Waals surface area contributed by atoms with E-state index in [4.69, 9.17) is 16.8 Å². The van der Waals surface area contributed by atoms with Gasteiger partial charge in [0, 0.05) is 68.8 Å². The van der Waals surface area contributed by atoms with Gasteiger partial charge in [0.05, 0.1) is 9.85 Å². The molecule has 0 amide bonds. The van der Waals surface area contributed by atoms with Gasteiger partial charge in [-0.3, -0.25) is 20.2 Å². The number of benzene rings is 6. The van der Waals surface area contributed by atoms with E-state index in [9.17, 15) is 24.6 Å². The third-order valence-electron chi connectivity index (χ3n) is 11.2. The minimum Gasteiger partial charge on any atom is -0.399 e. The molecular formula is C67H108ClFFeN3O4S3Si+. The fourth-order valence-corrected chi connectivity index (χ4v) is 8.43. The van der Waals surface area contributed by atoms with Crippen molar-refractivity contribution in [1.82, 2.24) is 0 Å². The van der Waals surface area contributed by atoms with Crippen molar-refractivity contribution in [2.45, 2.75) is 166 Å². The van der Waals surface area contributed by atoms with Gasteiger partial charge in [-0.15, -0.1) is 0 Å². The third kappa shape index (κ3) is 41.4. The summed E-state index contributed by atoms with van der Waals surface area (Å²) in [7, 11) is 0.0510. The second-order valence-electron chi connectivity index (χ2n) is 19.8. The van der Waals surface area contributed by atoms with Gasteiger partial charge in [0.15, 0.2) is 9.79 Å². The third-order valence-corrected chi connectivity index (χ3v) is 13.6. The topological polar surface area (TPSA) is 112 Å². The smallest absolute Gasteiger partial charge is 0.269 e. The van der Waals surface area contributed by atoms with Crippen molar-refractivity contribution in [3.8, 4) is 0 Å². The summed E-state index contributed by atoms with van der Waals surface area (Å²) < 4.78 is 12.5. The monoisotopic (exact) mass is 1250 g/mol. The molecule has 0 saturated heterocycles. The van der Waals surface area contributed by atoms with Crippen LogP contribution in [0.25, 0.3) is 0 Å². The second-order valence-corrected chi connectivity index (χ2v) is 33.5. The number of nitro benzene ring substituents is 2. The van der Waals surface area contributed by atoms with Crippen LogP contribution in [0.4, 0.5) is 21.5 Å². The minimum absolute atomic E-state index is 0. The molecule has 2 N–H and O–H groups in total. The first-order chi connectivity index (χ1) is 36.3. The molecule has 6 aromatic carbocycles. The van der Waals surface area contributed by atoms with Gasteiger partial charge in [-0.1, -0.05) is 129 Å². The molecule has 0 aliphatic rings. The molecule has 458 valence electrons.